The molecule has 1 N–H and O–H groups in total. The largest absolute Gasteiger partial charge is 0.378 e. The Balaban J connectivity index is 3.18. The summed E-state index contributed by atoms with van der Waals surface area (Å²) in [6, 6.07) is 0. The summed E-state index contributed by atoms with van der Waals surface area (Å²) >= 11 is 0. The van der Waals surface area contributed by atoms with Gasteiger partial charge in [-0.3, -0.25) is 0 Å². The van der Waals surface area contributed by atoms with Crippen molar-refractivity contribution >= 4 is 0 Å². The molecule has 16 heavy (non-hydrogen) atoms. The fourth-order valence-corrected chi connectivity index (χ4v) is 1.63. The van der Waals surface area contributed by atoms with Crippen LogP contribution in [0.25, 0.3) is 0 Å². The molecule has 0 aliphatic carbocycles. The molecule has 0 fully saturated rings. The average Bonchev–Trinajstić information content (AvgIpc) is 2.19. The van der Waals surface area contributed by atoms with E-state index in [0.717, 1.165) is 6.42 Å². The fourth-order valence-electron chi connectivity index (χ4n) is 1.63. The van der Waals surface area contributed by atoms with Gasteiger partial charge >= 0.3 is 0 Å². The van der Waals surface area contributed by atoms with Crippen LogP contribution in [-0.2, 0) is 0 Å². The van der Waals surface area contributed by atoms with Crippen LogP contribution in [0.2, 0.25) is 0 Å². The molecule has 1 heteroatoms. The third kappa shape index (κ3) is 13.5. The first kappa shape index (κ1) is 15.5. The minimum Gasteiger partial charge on any atom is -0.378 e. The molecule has 0 heterocycles. The molecule has 0 amide bonds. The van der Waals surface area contributed by atoms with Crippen molar-refractivity contribution in [1.82, 2.24) is 0 Å². The third-order valence-electron chi connectivity index (χ3n) is 2.55. The van der Waals surface area contributed by atoms with Gasteiger partial charge in [0.05, 0.1) is 0 Å². The molecule has 0 unspecified atom stereocenters. The minimum absolute atomic E-state index is 0.819. The second-order valence-corrected chi connectivity index (χ2v) is 5.09. The Labute approximate surface area is 102 Å². The van der Waals surface area contributed by atoms with Crippen molar-refractivity contribution in [3.05, 3.63) is 0 Å². The lowest BCUT2D eigenvalue weighted by Gasteiger charge is -2.05. The van der Waals surface area contributed by atoms with Crippen molar-refractivity contribution in [2.75, 3.05) is 0 Å². The summed E-state index contributed by atoms with van der Waals surface area (Å²) in [4.78, 5) is 0. The molecular formula is C15H28O. The number of hydrogen-bond acceptors (Lipinski definition) is 1. The van der Waals surface area contributed by atoms with Crippen molar-refractivity contribution in [2.45, 2.75) is 84.2 Å². The summed E-state index contributed by atoms with van der Waals surface area (Å²) in [5.41, 5.74) is -0.819. The van der Waals surface area contributed by atoms with Crippen molar-refractivity contribution in [2.24, 2.45) is 0 Å². The summed E-state index contributed by atoms with van der Waals surface area (Å²) in [7, 11) is 0. The van der Waals surface area contributed by atoms with E-state index in [1.807, 2.05) is 0 Å². The first-order valence-electron chi connectivity index (χ1n) is 6.78. The molecule has 1 nitrogen and oxygen atoms in total. The topological polar surface area (TPSA) is 20.2 Å². The molecular weight excluding hydrogens is 196 g/mol. The van der Waals surface area contributed by atoms with Crippen LogP contribution >= 0.6 is 0 Å². The van der Waals surface area contributed by atoms with Gasteiger partial charge in [0.15, 0.2) is 0 Å². The Morgan fingerprint density at radius 2 is 1.38 bits per heavy atom. The molecule has 0 aromatic rings. The normalized spacial score (nSPS) is 11.0. The van der Waals surface area contributed by atoms with E-state index in [1.165, 1.54) is 51.4 Å². The minimum atomic E-state index is -0.819. The van der Waals surface area contributed by atoms with Crippen LogP contribution in [0.15, 0.2) is 0 Å². The van der Waals surface area contributed by atoms with Gasteiger partial charge in [-0.1, -0.05) is 57.8 Å². The lowest BCUT2D eigenvalue weighted by molar-refractivity contribution is 0.143. The molecule has 0 saturated heterocycles. The van der Waals surface area contributed by atoms with Crippen LogP contribution in [0.4, 0.5) is 0 Å². The zero-order chi connectivity index (χ0) is 12.3. The van der Waals surface area contributed by atoms with E-state index in [9.17, 15) is 5.11 Å². The lowest BCUT2D eigenvalue weighted by atomic mass is 10.1. The van der Waals surface area contributed by atoms with E-state index in [1.54, 1.807) is 13.8 Å². The quantitative estimate of drug-likeness (QED) is 0.481. The molecule has 94 valence electrons. The monoisotopic (exact) mass is 224 g/mol. The summed E-state index contributed by atoms with van der Waals surface area (Å²) in [6.45, 7) is 5.71. The van der Waals surface area contributed by atoms with E-state index in [-0.39, 0.29) is 0 Å². The zero-order valence-electron chi connectivity index (χ0n) is 11.3. The SMILES string of the molecule is CCCCCCCCCCC#CC(C)(C)O. The summed E-state index contributed by atoms with van der Waals surface area (Å²) in [5, 5.41) is 9.37. The van der Waals surface area contributed by atoms with Gasteiger partial charge in [0.25, 0.3) is 0 Å². The van der Waals surface area contributed by atoms with Crippen molar-refractivity contribution in [3.8, 4) is 11.8 Å². The van der Waals surface area contributed by atoms with Crippen molar-refractivity contribution in [1.29, 1.82) is 0 Å². The second kappa shape index (κ2) is 9.73. The second-order valence-electron chi connectivity index (χ2n) is 5.09. The number of unbranched alkanes of at least 4 members (excludes halogenated alkanes) is 8. The van der Waals surface area contributed by atoms with Gasteiger partial charge in [-0.05, 0) is 20.3 Å². The molecule has 0 aliphatic heterocycles. The van der Waals surface area contributed by atoms with Crippen LogP contribution in [-0.4, -0.2) is 10.7 Å². The zero-order valence-corrected chi connectivity index (χ0v) is 11.3. The highest BCUT2D eigenvalue weighted by atomic mass is 16.3. The summed E-state index contributed by atoms with van der Waals surface area (Å²) in [5.74, 6) is 5.88. The molecule has 0 rings (SSSR count). The van der Waals surface area contributed by atoms with Crippen LogP contribution in [0.1, 0.15) is 78.6 Å². The third-order valence-corrected chi connectivity index (χ3v) is 2.55. The number of hydrogen-bond donors (Lipinski definition) is 1. The summed E-state index contributed by atoms with van der Waals surface area (Å²) < 4.78 is 0. The van der Waals surface area contributed by atoms with Gasteiger partial charge in [-0.25, -0.2) is 0 Å². The number of rotatable bonds is 8. The standard InChI is InChI=1S/C15H28O/c1-4-5-6-7-8-9-10-11-12-13-14-15(2,3)16/h16H,4-12H2,1-3H3. The van der Waals surface area contributed by atoms with Crippen molar-refractivity contribution in [3.63, 3.8) is 0 Å². The molecule has 0 radical (unpaired) electrons. The smallest absolute Gasteiger partial charge is 0.119 e. The Morgan fingerprint density at radius 3 is 1.88 bits per heavy atom. The highest BCUT2D eigenvalue weighted by Gasteiger charge is 2.04. The average molecular weight is 224 g/mol. The van der Waals surface area contributed by atoms with Gasteiger partial charge < -0.3 is 5.11 Å². The Hall–Kier alpha value is -0.480. The molecule has 0 spiro atoms. The first-order chi connectivity index (χ1) is 7.56. The highest BCUT2D eigenvalue weighted by molar-refractivity contribution is 5.09. The highest BCUT2D eigenvalue weighted by Crippen LogP contribution is 2.09. The molecule has 0 aromatic carbocycles. The summed E-state index contributed by atoms with van der Waals surface area (Å²) in [6.07, 6.45) is 11.6. The Morgan fingerprint density at radius 1 is 0.875 bits per heavy atom. The van der Waals surface area contributed by atoms with E-state index in [2.05, 4.69) is 18.8 Å². The van der Waals surface area contributed by atoms with Crippen LogP contribution in [0.3, 0.4) is 0 Å². The predicted octanol–water partition coefficient (Wildman–Crippen LogP) is 4.29. The lowest BCUT2D eigenvalue weighted by Crippen LogP contribution is -2.14. The van der Waals surface area contributed by atoms with E-state index < -0.39 is 5.60 Å². The van der Waals surface area contributed by atoms with Crippen LogP contribution < -0.4 is 0 Å². The molecule has 0 aliphatic rings. The van der Waals surface area contributed by atoms with Gasteiger partial charge in [0.1, 0.15) is 5.60 Å². The van der Waals surface area contributed by atoms with E-state index in [4.69, 9.17) is 0 Å². The van der Waals surface area contributed by atoms with Gasteiger partial charge in [-0.15, -0.1) is 5.92 Å². The molecule has 0 bridgehead atoms. The van der Waals surface area contributed by atoms with Crippen LogP contribution in [0, 0.1) is 11.8 Å². The molecule has 0 atom stereocenters. The molecule has 0 saturated carbocycles. The van der Waals surface area contributed by atoms with Crippen LogP contribution in [0.5, 0.6) is 0 Å². The number of aliphatic hydroxyl groups is 1. The Bertz CT molecular complexity index is 202. The maximum Gasteiger partial charge on any atom is 0.119 e. The van der Waals surface area contributed by atoms with Gasteiger partial charge in [0.2, 0.25) is 0 Å². The maximum atomic E-state index is 9.37. The van der Waals surface area contributed by atoms with Gasteiger partial charge in [0, 0.05) is 6.42 Å². The van der Waals surface area contributed by atoms with Crippen molar-refractivity contribution < 1.29 is 5.11 Å². The predicted molar refractivity (Wildman–Crippen MR) is 71.3 cm³/mol. The van der Waals surface area contributed by atoms with E-state index >= 15 is 0 Å². The Kier molecular flexibility index (Phi) is 9.43. The van der Waals surface area contributed by atoms with Gasteiger partial charge in [-0.2, -0.15) is 0 Å². The first-order valence-corrected chi connectivity index (χ1v) is 6.78. The molecule has 0 aromatic heterocycles. The van der Waals surface area contributed by atoms with E-state index in [0.29, 0.717) is 0 Å². The maximum absolute atomic E-state index is 9.37. The fraction of sp³-hybridized carbons (Fsp3) is 0.867.